The van der Waals surface area contributed by atoms with E-state index in [1.165, 1.54) is 0 Å². The molecule has 1 atom stereocenters. The third-order valence-electron chi connectivity index (χ3n) is 1.91. The molecule has 0 aromatic rings. The van der Waals surface area contributed by atoms with Gasteiger partial charge in [-0.3, -0.25) is 0 Å². The predicted octanol–water partition coefficient (Wildman–Crippen LogP) is 0.257. The van der Waals surface area contributed by atoms with E-state index in [1.54, 1.807) is 7.11 Å². The van der Waals surface area contributed by atoms with Gasteiger partial charge in [0.15, 0.2) is 0 Å². The van der Waals surface area contributed by atoms with Crippen molar-refractivity contribution >= 4 is 13.0 Å². The summed E-state index contributed by atoms with van der Waals surface area (Å²) in [4.78, 5) is 0. The summed E-state index contributed by atoms with van der Waals surface area (Å²) in [6, 6.07) is 0. The Labute approximate surface area is 69.6 Å². The van der Waals surface area contributed by atoms with Crippen LogP contribution in [-0.2, 0) is 4.74 Å². The number of ether oxygens (including phenoxy) is 1. The summed E-state index contributed by atoms with van der Waals surface area (Å²) in [5.74, 6) is 0. The maximum absolute atomic E-state index is 8.94. The Morgan fingerprint density at radius 2 is 2.18 bits per heavy atom. The van der Waals surface area contributed by atoms with Crippen molar-refractivity contribution in [3.63, 3.8) is 0 Å². The van der Waals surface area contributed by atoms with Gasteiger partial charge >= 0.3 is 68.8 Å². The van der Waals surface area contributed by atoms with E-state index in [9.17, 15) is 0 Å². The van der Waals surface area contributed by atoms with E-state index in [-0.39, 0.29) is 12.2 Å². The van der Waals surface area contributed by atoms with E-state index in [4.69, 9.17) is 9.84 Å². The van der Waals surface area contributed by atoms with Crippen LogP contribution in [0.15, 0.2) is 0 Å². The maximum atomic E-state index is 8.94. The van der Waals surface area contributed by atoms with Gasteiger partial charge in [-0.25, -0.2) is 0 Å². The molecule has 64 valence electrons. The Hall–Kier alpha value is -0.145. The molecule has 3 heteroatoms. The number of aliphatic hydroxyl groups is 1. The van der Waals surface area contributed by atoms with Crippen molar-refractivity contribution in [2.75, 3.05) is 13.7 Å². The van der Waals surface area contributed by atoms with Crippen molar-refractivity contribution in [3.8, 4) is 0 Å². The van der Waals surface area contributed by atoms with Gasteiger partial charge in [0.1, 0.15) is 0 Å². The van der Waals surface area contributed by atoms with E-state index in [1.807, 2.05) is 13.8 Å². The van der Waals surface area contributed by atoms with Crippen LogP contribution in [0.3, 0.4) is 0 Å². The second kappa shape index (κ2) is 4.68. The van der Waals surface area contributed by atoms with Crippen LogP contribution in [-0.4, -0.2) is 37.4 Å². The molecule has 0 aromatic heterocycles. The first-order valence-electron chi connectivity index (χ1n) is 3.84. The van der Waals surface area contributed by atoms with Crippen molar-refractivity contribution in [1.82, 2.24) is 0 Å². The third-order valence-corrected chi connectivity index (χ3v) is 1.91. The molecule has 0 unspecified atom stereocenters. The van der Waals surface area contributed by atoms with E-state index >= 15 is 0 Å². The average Bonchev–Trinajstić information content (AvgIpc) is 2.00. The molecule has 0 aliphatic rings. The molecule has 0 aliphatic carbocycles. The molecule has 11 heavy (non-hydrogen) atoms. The Morgan fingerprint density at radius 3 is 2.45 bits per heavy atom. The normalized spacial score (nSPS) is 15.9. The van der Waals surface area contributed by atoms with Gasteiger partial charge in [-0.05, 0) is 0 Å². The molecule has 2 nitrogen and oxygen atoms in total. The zero-order chi connectivity index (χ0) is 8.91. The number of hydrogen-bond acceptors (Lipinski definition) is 2. The van der Waals surface area contributed by atoms with Crippen molar-refractivity contribution in [1.29, 1.82) is 0 Å². The van der Waals surface area contributed by atoms with E-state index in [2.05, 4.69) is 7.49 Å². The van der Waals surface area contributed by atoms with E-state index < -0.39 is 0 Å². The first kappa shape index (κ1) is 10.9. The van der Waals surface area contributed by atoms with Gasteiger partial charge < -0.3 is 0 Å². The summed E-state index contributed by atoms with van der Waals surface area (Å²) in [6.45, 7) is 3.94. The van der Waals surface area contributed by atoms with Crippen molar-refractivity contribution < 1.29 is 9.84 Å². The van der Waals surface area contributed by atoms with Gasteiger partial charge in [-0.15, -0.1) is 0 Å². The molecule has 0 saturated carbocycles. The molecule has 0 fully saturated rings. The number of rotatable bonds is 5. The fourth-order valence-electron chi connectivity index (χ4n) is 0.723. The number of aliphatic hydroxyl groups excluding tert-OH is 1. The van der Waals surface area contributed by atoms with Gasteiger partial charge in [0.2, 0.25) is 0 Å². The second-order valence-electron chi connectivity index (χ2n) is 3.27. The Morgan fingerprint density at radius 1 is 1.64 bits per heavy atom. The Bertz CT molecular complexity index is 130. The first-order chi connectivity index (χ1) is 5.04. The van der Waals surface area contributed by atoms with E-state index in [0.29, 0.717) is 0 Å². The fourth-order valence-corrected chi connectivity index (χ4v) is 0.723. The summed E-state index contributed by atoms with van der Waals surface area (Å²) in [6.07, 6.45) is 1.74. The van der Waals surface area contributed by atoms with Crippen LogP contribution in [0, 0.1) is 0 Å². The quantitative estimate of drug-likeness (QED) is 0.578. The van der Waals surface area contributed by atoms with Gasteiger partial charge in [-0.1, -0.05) is 0 Å². The molecule has 0 bridgehead atoms. The Kier molecular flexibility index (Phi) is 4.61. The average molecular weight is 156 g/mol. The van der Waals surface area contributed by atoms with Crippen LogP contribution < -0.4 is 0 Å². The van der Waals surface area contributed by atoms with Crippen LogP contribution in [0.2, 0.25) is 0 Å². The topological polar surface area (TPSA) is 29.5 Å². The van der Waals surface area contributed by atoms with Crippen molar-refractivity contribution in [3.05, 3.63) is 0 Å². The third kappa shape index (κ3) is 4.33. The summed E-state index contributed by atoms with van der Waals surface area (Å²) < 4.78 is 5.15. The minimum atomic E-state index is -0.390. The monoisotopic (exact) mass is 156 g/mol. The Balaban J connectivity index is 3.78. The summed E-state index contributed by atoms with van der Waals surface area (Å²) in [5, 5.41) is 8.94. The molecule has 0 rings (SSSR count). The zero-order valence-corrected chi connectivity index (χ0v) is 7.68. The van der Waals surface area contributed by atoms with Crippen LogP contribution in [0.25, 0.3) is 0 Å². The van der Waals surface area contributed by atoms with Gasteiger partial charge in [0, 0.05) is 0 Å². The van der Waals surface area contributed by atoms with Gasteiger partial charge in [-0.2, -0.15) is 0 Å². The molecular weight excluding hydrogens is 139 g/mol. The first-order valence-corrected chi connectivity index (χ1v) is 3.84. The molecule has 0 spiro atoms. The summed E-state index contributed by atoms with van der Waals surface area (Å²) >= 11 is 0. The zero-order valence-electron chi connectivity index (χ0n) is 7.68. The molecule has 0 heterocycles. The predicted molar refractivity (Wildman–Crippen MR) is 49.6 cm³/mol. The molecule has 1 N–H and O–H groups in total. The molecule has 0 aromatic carbocycles. The van der Waals surface area contributed by atoms with Gasteiger partial charge in [0.05, 0.1) is 0 Å². The standard InChI is InChI=1S/C8H17BO2/c1-7(9)4-5-8(2,6-10)11-3/h9-10H,4-6H2,1-3H3/t8-/m0/s1. The van der Waals surface area contributed by atoms with Crippen molar-refractivity contribution in [2.45, 2.75) is 32.3 Å². The second-order valence-corrected chi connectivity index (χ2v) is 3.27. The van der Waals surface area contributed by atoms with Crippen molar-refractivity contribution in [2.24, 2.45) is 0 Å². The van der Waals surface area contributed by atoms with Crippen LogP contribution in [0.5, 0.6) is 0 Å². The van der Waals surface area contributed by atoms with E-state index in [0.717, 1.165) is 18.3 Å². The fraction of sp³-hybridized carbons (Fsp3) is 0.875. The number of hydrogen-bond donors (Lipinski definition) is 1. The molecule has 0 amide bonds. The van der Waals surface area contributed by atoms with Crippen LogP contribution in [0.1, 0.15) is 26.7 Å². The molecular formula is C8H17BO2. The molecule has 0 radical (unpaired) electrons. The summed E-state index contributed by atoms with van der Waals surface area (Å²) in [7, 11) is 5.41. The molecule has 0 saturated heterocycles. The van der Waals surface area contributed by atoms with Gasteiger partial charge in [0.25, 0.3) is 0 Å². The summed E-state index contributed by atoms with van der Waals surface area (Å²) in [5.41, 5.74) is 0.737. The number of methoxy groups -OCH3 is 1. The SMILES string of the molecule is B=C(C)CC[C@@](C)(CO)OC. The minimum absolute atomic E-state index is 0.0663. The van der Waals surface area contributed by atoms with Crippen LogP contribution >= 0.6 is 0 Å². The molecule has 0 aliphatic heterocycles. The van der Waals surface area contributed by atoms with Crippen LogP contribution in [0.4, 0.5) is 0 Å².